The topological polar surface area (TPSA) is 0 Å². The molecule has 0 amide bonds. The quantitative estimate of drug-likeness (QED) is 0.551. The lowest BCUT2D eigenvalue weighted by Gasteiger charge is -2.04. The molecule has 0 unspecified atom stereocenters. The zero-order chi connectivity index (χ0) is 16.2. The highest BCUT2D eigenvalue weighted by molar-refractivity contribution is 5.88. The molecular formula is C21H16F2. The van der Waals surface area contributed by atoms with Crippen LogP contribution in [0.5, 0.6) is 0 Å². The minimum Gasteiger partial charge on any atom is -0.204 e. The van der Waals surface area contributed by atoms with Crippen LogP contribution in [0.25, 0.3) is 10.8 Å². The molecule has 114 valence electrons. The van der Waals surface area contributed by atoms with Crippen molar-refractivity contribution in [3.05, 3.63) is 82.9 Å². The number of fused-ring (bicyclic) bond motifs is 1. The molecule has 23 heavy (non-hydrogen) atoms. The van der Waals surface area contributed by atoms with Crippen molar-refractivity contribution in [3.63, 3.8) is 0 Å². The Kier molecular flexibility index (Phi) is 4.39. The summed E-state index contributed by atoms with van der Waals surface area (Å²) in [4.78, 5) is 0. The van der Waals surface area contributed by atoms with Gasteiger partial charge in [0.1, 0.15) is 0 Å². The van der Waals surface area contributed by atoms with Gasteiger partial charge < -0.3 is 0 Å². The molecule has 3 aromatic rings. The van der Waals surface area contributed by atoms with E-state index in [2.05, 4.69) is 43.0 Å². The van der Waals surface area contributed by atoms with Crippen molar-refractivity contribution in [1.82, 2.24) is 0 Å². The van der Waals surface area contributed by atoms with Gasteiger partial charge in [0.25, 0.3) is 0 Å². The van der Waals surface area contributed by atoms with E-state index in [0.29, 0.717) is 5.56 Å². The van der Waals surface area contributed by atoms with E-state index in [4.69, 9.17) is 0 Å². The van der Waals surface area contributed by atoms with Gasteiger partial charge in [0.05, 0.1) is 0 Å². The van der Waals surface area contributed by atoms with Crippen LogP contribution in [0.4, 0.5) is 8.78 Å². The maximum absolute atomic E-state index is 13.2. The van der Waals surface area contributed by atoms with Gasteiger partial charge in [0, 0.05) is 11.1 Å². The molecule has 0 heterocycles. The second kappa shape index (κ2) is 6.62. The van der Waals surface area contributed by atoms with Gasteiger partial charge in [0.15, 0.2) is 11.6 Å². The van der Waals surface area contributed by atoms with Crippen LogP contribution in [0.15, 0.2) is 54.6 Å². The molecule has 2 heteroatoms. The van der Waals surface area contributed by atoms with Gasteiger partial charge in [-0.05, 0) is 47.0 Å². The summed E-state index contributed by atoms with van der Waals surface area (Å²) < 4.78 is 26.2. The second-order valence-electron chi connectivity index (χ2n) is 5.49. The average Bonchev–Trinajstić information content (AvgIpc) is 2.56. The molecule has 0 aliphatic heterocycles. The third-order valence-electron chi connectivity index (χ3n) is 3.74. The largest absolute Gasteiger partial charge is 0.204 e. The van der Waals surface area contributed by atoms with Crippen LogP contribution in [0.2, 0.25) is 0 Å². The monoisotopic (exact) mass is 306 g/mol. The van der Waals surface area contributed by atoms with Crippen LogP contribution in [0.1, 0.15) is 30.0 Å². The SMILES string of the molecule is CCCc1ccc2c(C#Cc3ccc(F)c(F)c3)cccc2c1. The molecule has 3 aromatic carbocycles. The number of hydrogen-bond acceptors (Lipinski definition) is 0. The average molecular weight is 306 g/mol. The van der Waals surface area contributed by atoms with Gasteiger partial charge in [-0.15, -0.1) is 0 Å². The van der Waals surface area contributed by atoms with E-state index in [9.17, 15) is 8.78 Å². The number of halogens is 2. The van der Waals surface area contributed by atoms with Gasteiger partial charge in [-0.25, -0.2) is 8.78 Å². The lowest BCUT2D eigenvalue weighted by molar-refractivity contribution is 0.508. The Bertz CT molecular complexity index is 914. The number of benzene rings is 3. The molecule has 0 saturated heterocycles. The van der Waals surface area contributed by atoms with Gasteiger partial charge in [-0.3, -0.25) is 0 Å². The van der Waals surface area contributed by atoms with E-state index < -0.39 is 11.6 Å². The van der Waals surface area contributed by atoms with Gasteiger partial charge in [-0.2, -0.15) is 0 Å². The summed E-state index contributed by atoms with van der Waals surface area (Å²) in [6.45, 7) is 2.16. The predicted octanol–water partition coefficient (Wildman–Crippen LogP) is 5.47. The van der Waals surface area contributed by atoms with Crippen molar-refractivity contribution in [2.45, 2.75) is 19.8 Å². The van der Waals surface area contributed by atoms with Crippen molar-refractivity contribution in [3.8, 4) is 11.8 Å². The Balaban J connectivity index is 2.00. The molecule has 0 spiro atoms. The van der Waals surface area contributed by atoms with Gasteiger partial charge in [-0.1, -0.05) is 55.5 Å². The van der Waals surface area contributed by atoms with Crippen LogP contribution in [-0.4, -0.2) is 0 Å². The first-order chi connectivity index (χ1) is 11.2. The molecule has 0 aromatic heterocycles. The minimum atomic E-state index is -0.876. The third kappa shape index (κ3) is 3.40. The van der Waals surface area contributed by atoms with Crippen molar-refractivity contribution >= 4 is 10.8 Å². The van der Waals surface area contributed by atoms with Gasteiger partial charge in [0.2, 0.25) is 0 Å². The molecular weight excluding hydrogens is 290 g/mol. The molecule has 0 aliphatic rings. The van der Waals surface area contributed by atoms with E-state index in [1.165, 1.54) is 11.6 Å². The molecule has 0 fully saturated rings. The fourth-order valence-electron chi connectivity index (χ4n) is 2.60. The number of hydrogen-bond donors (Lipinski definition) is 0. The Morgan fingerprint density at radius 1 is 0.870 bits per heavy atom. The van der Waals surface area contributed by atoms with Crippen LogP contribution in [-0.2, 0) is 6.42 Å². The van der Waals surface area contributed by atoms with Crippen LogP contribution in [0.3, 0.4) is 0 Å². The summed E-state index contributed by atoms with van der Waals surface area (Å²) in [6.07, 6.45) is 2.17. The second-order valence-corrected chi connectivity index (χ2v) is 5.49. The fourth-order valence-corrected chi connectivity index (χ4v) is 2.60. The highest BCUT2D eigenvalue weighted by Gasteiger charge is 2.02. The lowest BCUT2D eigenvalue weighted by atomic mass is 10.0. The van der Waals surface area contributed by atoms with Crippen molar-refractivity contribution in [1.29, 1.82) is 0 Å². The minimum absolute atomic E-state index is 0.462. The Hall–Kier alpha value is -2.66. The summed E-state index contributed by atoms with van der Waals surface area (Å²) in [5, 5.41) is 2.22. The molecule has 3 rings (SSSR count). The maximum atomic E-state index is 13.2. The van der Waals surface area contributed by atoms with Crippen LogP contribution >= 0.6 is 0 Å². The van der Waals surface area contributed by atoms with Crippen LogP contribution in [0, 0.1) is 23.5 Å². The molecule has 0 bridgehead atoms. The smallest absolute Gasteiger partial charge is 0.160 e. The third-order valence-corrected chi connectivity index (χ3v) is 3.74. The first kappa shape index (κ1) is 15.2. The van der Waals surface area contributed by atoms with Crippen molar-refractivity contribution in [2.24, 2.45) is 0 Å². The van der Waals surface area contributed by atoms with Crippen LogP contribution < -0.4 is 0 Å². The summed E-state index contributed by atoms with van der Waals surface area (Å²) in [6, 6.07) is 16.0. The summed E-state index contributed by atoms with van der Waals surface area (Å²) in [7, 11) is 0. The number of aryl methyl sites for hydroxylation is 1. The van der Waals surface area contributed by atoms with Crippen molar-refractivity contribution in [2.75, 3.05) is 0 Å². The standard InChI is InChI=1S/C21H16F2/c1-2-4-15-8-11-19-17(5-3-6-18(19)13-15)10-7-16-9-12-20(22)21(23)14-16/h3,5-6,8-9,11-14H,2,4H2,1H3. The molecule has 0 atom stereocenters. The Morgan fingerprint density at radius 2 is 1.74 bits per heavy atom. The normalized spacial score (nSPS) is 10.4. The highest BCUT2D eigenvalue weighted by atomic mass is 19.2. The summed E-state index contributed by atoms with van der Waals surface area (Å²) in [5.41, 5.74) is 2.66. The molecule has 0 N–H and O–H groups in total. The Labute approximate surface area is 134 Å². The molecule has 0 radical (unpaired) electrons. The summed E-state index contributed by atoms with van der Waals surface area (Å²) >= 11 is 0. The molecule has 0 nitrogen and oxygen atoms in total. The van der Waals surface area contributed by atoms with Gasteiger partial charge >= 0.3 is 0 Å². The first-order valence-electron chi connectivity index (χ1n) is 7.66. The first-order valence-corrected chi connectivity index (χ1v) is 7.66. The summed E-state index contributed by atoms with van der Waals surface area (Å²) in [5.74, 6) is 4.23. The van der Waals surface area contributed by atoms with E-state index in [1.807, 2.05) is 12.1 Å². The zero-order valence-electron chi connectivity index (χ0n) is 12.9. The van der Waals surface area contributed by atoms with Crippen molar-refractivity contribution < 1.29 is 8.78 Å². The highest BCUT2D eigenvalue weighted by Crippen LogP contribution is 2.20. The molecule has 0 saturated carbocycles. The molecule has 0 aliphatic carbocycles. The van der Waals surface area contributed by atoms with E-state index in [-0.39, 0.29) is 0 Å². The van der Waals surface area contributed by atoms with E-state index in [1.54, 1.807) is 0 Å². The van der Waals surface area contributed by atoms with E-state index >= 15 is 0 Å². The van der Waals surface area contributed by atoms with E-state index in [0.717, 1.165) is 41.3 Å². The predicted molar refractivity (Wildman–Crippen MR) is 90.3 cm³/mol. The number of rotatable bonds is 2. The zero-order valence-corrected chi connectivity index (χ0v) is 12.9. The Morgan fingerprint density at radius 3 is 2.52 bits per heavy atom. The maximum Gasteiger partial charge on any atom is 0.160 e. The fraction of sp³-hybridized carbons (Fsp3) is 0.143. The lowest BCUT2D eigenvalue weighted by Crippen LogP contribution is -1.86.